The van der Waals surface area contributed by atoms with Crippen molar-refractivity contribution in [2.75, 3.05) is 45.1 Å². The van der Waals surface area contributed by atoms with E-state index in [1.54, 1.807) is 6.20 Å². The van der Waals surface area contributed by atoms with Gasteiger partial charge in [-0.15, -0.1) is 0 Å². The number of likely N-dealkylation sites (N-methyl/N-ethyl adjacent to an activating group) is 1. The predicted molar refractivity (Wildman–Crippen MR) is 101 cm³/mol. The molecular weight excluding hydrogens is 312 g/mol. The zero-order valence-corrected chi connectivity index (χ0v) is 14.8. The summed E-state index contributed by atoms with van der Waals surface area (Å²) in [6.07, 6.45) is 3.87. The van der Waals surface area contributed by atoms with Crippen LogP contribution < -0.4 is 5.32 Å². The Morgan fingerprint density at radius 1 is 1.08 bits per heavy atom. The van der Waals surface area contributed by atoms with Crippen LogP contribution >= 0.6 is 0 Å². The normalized spacial score (nSPS) is 15.2. The third-order valence-corrected chi connectivity index (χ3v) is 4.59. The van der Waals surface area contributed by atoms with Crippen LogP contribution in [-0.2, 0) is 6.42 Å². The van der Waals surface area contributed by atoms with Crippen molar-refractivity contribution in [1.82, 2.24) is 14.8 Å². The van der Waals surface area contributed by atoms with Crippen molar-refractivity contribution >= 4 is 11.6 Å². The molecule has 2 heterocycles. The molecule has 2 aromatic rings. The fourth-order valence-corrected chi connectivity index (χ4v) is 2.97. The zero-order valence-electron chi connectivity index (χ0n) is 14.8. The summed E-state index contributed by atoms with van der Waals surface area (Å²) in [7, 11) is 2.08. The largest absolute Gasteiger partial charge is 0.384 e. The van der Waals surface area contributed by atoms with Crippen molar-refractivity contribution in [2.45, 2.75) is 12.8 Å². The molecule has 25 heavy (non-hydrogen) atoms. The molecule has 0 bridgehead atoms. The second-order valence-electron chi connectivity index (χ2n) is 6.54. The van der Waals surface area contributed by atoms with E-state index in [0.29, 0.717) is 5.69 Å². The van der Waals surface area contributed by atoms with Gasteiger partial charge in [0.25, 0.3) is 5.91 Å². The highest BCUT2D eigenvalue weighted by Crippen LogP contribution is 2.11. The maximum atomic E-state index is 12.5. The number of pyridine rings is 1. The molecule has 1 N–H and O–H groups in total. The third kappa shape index (κ3) is 5.03. The molecule has 1 aromatic carbocycles. The average Bonchev–Trinajstić information content (AvgIpc) is 2.67. The number of hydrogen-bond acceptors (Lipinski definition) is 4. The van der Waals surface area contributed by atoms with Crippen LogP contribution in [0.3, 0.4) is 0 Å². The van der Waals surface area contributed by atoms with Crippen LogP contribution in [0.5, 0.6) is 0 Å². The summed E-state index contributed by atoms with van der Waals surface area (Å²) in [4.78, 5) is 20.9. The highest BCUT2D eigenvalue weighted by Gasteiger charge is 2.20. The number of anilines is 1. The summed E-state index contributed by atoms with van der Waals surface area (Å²) in [5, 5.41) is 3.37. The van der Waals surface area contributed by atoms with Crippen LogP contribution in [0.15, 0.2) is 48.7 Å². The number of aromatic nitrogens is 1. The van der Waals surface area contributed by atoms with Gasteiger partial charge in [0.05, 0.1) is 11.9 Å². The van der Waals surface area contributed by atoms with Gasteiger partial charge in [0, 0.05) is 32.7 Å². The molecule has 5 nitrogen and oxygen atoms in total. The molecule has 1 amide bonds. The Morgan fingerprint density at radius 2 is 1.84 bits per heavy atom. The van der Waals surface area contributed by atoms with E-state index in [1.807, 2.05) is 23.1 Å². The van der Waals surface area contributed by atoms with Gasteiger partial charge in [0.15, 0.2) is 0 Å². The molecule has 1 aliphatic rings. The maximum absolute atomic E-state index is 12.5. The first-order chi connectivity index (χ1) is 12.2. The second-order valence-corrected chi connectivity index (χ2v) is 6.54. The van der Waals surface area contributed by atoms with Gasteiger partial charge < -0.3 is 15.1 Å². The monoisotopic (exact) mass is 338 g/mol. The van der Waals surface area contributed by atoms with Crippen molar-refractivity contribution in [3.63, 3.8) is 0 Å². The molecule has 1 saturated heterocycles. The summed E-state index contributed by atoms with van der Waals surface area (Å²) in [6, 6.07) is 14.3. The smallest absolute Gasteiger partial charge is 0.272 e. The van der Waals surface area contributed by atoms with Crippen LogP contribution in [0.4, 0.5) is 5.69 Å². The van der Waals surface area contributed by atoms with E-state index < -0.39 is 0 Å². The van der Waals surface area contributed by atoms with E-state index in [0.717, 1.165) is 51.3 Å². The molecule has 0 unspecified atom stereocenters. The van der Waals surface area contributed by atoms with Crippen molar-refractivity contribution in [3.8, 4) is 0 Å². The van der Waals surface area contributed by atoms with Crippen LogP contribution in [0, 0.1) is 0 Å². The lowest BCUT2D eigenvalue weighted by Crippen LogP contribution is -2.47. The lowest BCUT2D eigenvalue weighted by Gasteiger charge is -2.32. The third-order valence-electron chi connectivity index (χ3n) is 4.59. The first-order valence-corrected chi connectivity index (χ1v) is 8.94. The van der Waals surface area contributed by atoms with Crippen LogP contribution in [0.25, 0.3) is 0 Å². The fourth-order valence-electron chi connectivity index (χ4n) is 2.97. The predicted octanol–water partition coefficient (Wildman–Crippen LogP) is 2.51. The maximum Gasteiger partial charge on any atom is 0.272 e. The number of rotatable bonds is 6. The van der Waals surface area contributed by atoms with Crippen LogP contribution in [0.2, 0.25) is 0 Å². The molecule has 5 heteroatoms. The minimum atomic E-state index is 0.0312. The summed E-state index contributed by atoms with van der Waals surface area (Å²) < 4.78 is 0. The van der Waals surface area contributed by atoms with Crippen molar-refractivity contribution in [1.29, 1.82) is 0 Å². The highest BCUT2D eigenvalue weighted by molar-refractivity contribution is 5.92. The Morgan fingerprint density at radius 3 is 2.52 bits per heavy atom. The lowest BCUT2D eigenvalue weighted by atomic mass is 10.1. The first-order valence-electron chi connectivity index (χ1n) is 8.94. The molecule has 1 fully saturated rings. The van der Waals surface area contributed by atoms with E-state index in [4.69, 9.17) is 0 Å². The second kappa shape index (κ2) is 8.62. The number of nitrogens with one attached hydrogen (secondary N) is 1. The molecule has 1 aliphatic heterocycles. The van der Waals surface area contributed by atoms with E-state index in [2.05, 4.69) is 46.5 Å². The Labute approximate surface area is 149 Å². The minimum Gasteiger partial charge on any atom is -0.384 e. The van der Waals surface area contributed by atoms with Crippen molar-refractivity contribution in [3.05, 3.63) is 59.9 Å². The molecule has 0 aliphatic carbocycles. The highest BCUT2D eigenvalue weighted by atomic mass is 16.2. The van der Waals surface area contributed by atoms with Gasteiger partial charge in [-0.2, -0.15) is 0 Å². The van der Waals surface area contributed by atoms with Gasteiger partial charge in [0.2, 0.25) is 0 Å². The number of hydrogen-bond donors (Lipinski definition) is 1. The van der Waals surface area contributed by atoms with Gasteiger partial charge in [-0.05, 0) is 37.6 Å². The standard InChI is InChI=1S/C20H26N4O/c1-23-12-14-24(15-13-23)20(25)19-10-9-18(16-22-19)21-11-5-8-17-6-3-2-4-7-17/h2-4,6-7,9-10,16,21H,5,8,11-15H2,1H3. The first kappa shape index (κ1) is 17.4. The number of benzene rings is 1. The number of piperazine rings is 1. The fraction of sp³-hybridized carbons (Fsp3) is 0.400. The summed E-state index contributed by atoms with van der Waals surface area (Å²) in [5.74, 6) is 0.0312. The van der Waals surface area contributed by atoms with E-state index in [9.17, 15) is 4.79 Å². The topological polar surface area (TPSA) is 48.5 Å². The Kier molecular flexibility index (Phi) is 6.01. The van der Waals surface area contributed by atoms with Gasteiger partial charge in [-0.1, -0.05) is 30.3 Å². The van der Waals surface area contributed by atoms with Crippen molar-refractivity contribution < 1.29 is 4.79 Å². The zero-order chi connectivity index (χ0) is 17.5. The summed E-state index contributed by atoms with van der Waals surface area (Å²) >= 11 is 0. The average molecular weight is 338 g/mol. The molecule has 0 saturated carbocycles. The Bertz CT molecular complexity index is 664. The van der Waals surface area contributed by atoms with Gasteiger partial charge in [-0.25, -0.2) is 4.98 Å². The number of nitrogens with zero attached hydrogens (tertiary/aromatic N) is 3. The van der Waals surface area contributed by atoms with Gasteiger partial charge >= 0.3 is 0 Å². The van der Waals surface area contributed by atoms with Crippen LogP contribution in [0.1, 0.15) is 22.5 Å². The van der Waals surface area contributed by atoms with Crippen LogP contribution in [-0.4, -0.2) is 60.5 Å². The molecule has 0 radical (unpaired) electrons. The SMILES string of the molecule is CN1CCN(C(=O)c2ccc(NCCCc3ccccc3)cn2)CC1. The van der Waals surface area contributed by atoms with Gasteiger partial charge in [0.1, 0.15) is 5.69 Å². The Hall–Kier alpha value is -2.40. The van der Waals surface area contributed by atoms with E-state index in [1.165, 1.54) is 5.56 Å². The Balaban J connectivity index is 1.44. The molecule has 132 valence electrons. The number of carbonyl (C=O) groups excluding carboxylic acids is 1. The van der Waals surface area contributed by atoms with Crippen molar-refractivity contribution in [2.24, 2.45) is 0 Å². The number of carbonyl (C=O) groups is 1. The molecule has 3 rings (SSSR count). The van der Waals surface area contributed by atoms with E-state index >= 15 is 0 Å². The number of aryl methyl sites for hydroxylation is 1. The van der Waals surface area contributed by atoms with Gasteiger partial charge in [-0.3, -0.25) is 4.79 Å². The van der Waals surface area contributed by atoms with E-state index in [-0.39, 0.29) is 5.91 Å². The quantitative estimate of drug-likeness (QED) is 0.822. The molecule has 0 spiro atoms. The minimum absolute atomic E-state index is 0.0312. The number of amides is 1. The molecular formula is C20H26N4O. The summed E-state index contributed by atoms with van der Waals surface area (Å²) in [5.41, 5.74) is 2.85. The lowest BCUT2D eigenvalue weighted by molar-refractivity contribution is 0.0658. The molecule has 1 aromatic heterocycles. The molecule has 0 atom stereocenters. The summed E-state index contributed by atoms with van der Waals surface area (Å²) in [6.45, 7) is 4.29.